The van der Waals surface area contributed by atoms with Crippen LogP contribution in [0.1, 0.15) is 12.5 Å². The fraction of sp³-hybridized carbons (Fsp3) is 0.438. The van der Waals surface area contributed by atoms with E-state index < -0.39 is 21.3 Å². The number of ether oxygens (including phenoxy) is 1. The van der Waals surface area contributed by atoms with Gasteiger partial charge in [-0.25, -0.2) is 4.99 Å². The number of nitriles is 2. The summed E-state index contributed by atoms with van der Waals surface area (Å²) >= 11 is 4.89. The van der Waals surface area contributed by atoms with Crippen LogP contribution in [-0.2, 0) is 10.2 Å². The smallest absolute Gasteiger partial charge is 0.231 e. The van der Waals surface area contributed by atoms with Gasteiger partial charge < -0.3 is 10.5 Å². The monoisotopic (exact) mass is 388 g/mol. The van der Waals surface area contributed by atoms with Crippen molar-refractivity contribution in [1.29, 1.82) is 10.5 Å². The van der Waals surface area contributed by atoms with Crippen molar-refractivity contribution in [3.05, 3.63) is 34.3 Å². The lowest BCUT2D eigenvalue weighted by Gasteiger charge is -2.30. The molecule has 116 valence electrons. The Kier molecular flexibility index (Phi) is 2.81. The molecular formula is C16H13BrN4OS. The molecule has 2 N–H and O–H groups in total. The summed E-state index contributed by atoms with van der Waals surface area (Å²) in [6.45, 7) is 2.43. The van der Waals surface area contributed by atoms with Crippen LogP contribution in [-0.4, -0.2) is 23.3 Å². The summed E-state index contributed by atoms with van der Waals surface area (Å²) in [5.41, 5.74) is 4.08. The maximum absolute atomic E-state index is 10.1. The number of aliphatic imine (C=N–C) groups is 1. The summed E-state index contributed by atoms with van der Waals surface area (Å²) in [7, 11) is 0. The third-order valence-corrected chi connectivity index (χ3v) is 7.37. The minimum atomic E-state index is -1.15. The molecule has 1 saturated carbocycles. The average Bonchev–Trinajstić information content (AvgIpc) is 2.83. The SMILES string of the molecule is C[C@@]1(c2ccc(Br)cc2)[C@]2(C#N)C(N)=N[C@@]3(OCCS3)[C@@]21C#N. The third-order valence-electron chi connectivity index (χ3n) is 5.56. The number of halogens is 1. The van der Waals surface area contributed by atoms with E-state index in [0.29, 0.717) is 6.61 Å². The first-order valence-electron chi connectivity index (χ1n) is 7.18. The molecule has 5 nitrogen and oxygen atoms in total. The zero-order valence-corrected chi connectivity index (χ0v) is 14.7. The number of nitrogens with zero attached hydrogens (tertiary/aromatic N) is 3. The molecular weight excluding hydrogens is 376 g/mol. The van der Waals surface area contributed by atoms with E-state index in [4.69, 9.17) is 10.5 Å². The number of amidine groups is 1. The average molecular weight is 389 g/mol. The molecule has 1 aromatic carbocycles. The van der Waals surface area contributed by atoms with Crippen LogP contribution >= 0.6 is 27.7 Å². The number of fused-ring (bicyclic) bond motifs is 2. The molecule has 2 aliphatic heterocycles. The molecule has 2 fully saturated rings. The number of hydrogen-bond donors (Lipinski definition) is 1. The van der Waals surface area contributed by atoms with E-state index in [1.54, 1.807) is 0 Å². The molecule has 3 aliphatic rings. The minimum absolute atomic E-state index is 0.210. The van der Waals surface area contributed by atoms with Crippen LogP contribution in [0.4, 0.5) is 0 Å². The molecule has 0 amide bonds. The predicted octanol–water partition coefficient (Wildman–Crippen LogP) is 2.53. The second kappa shape index (κ2) is 4.30. The largest absolute Gasteiger partial charge is 0.386 e. The van der Waals surface area contributed by atoms with Gasteiger partial charge in [0.2, 0.25) is 5.06 Å². The topological polar surface area (TPSA) is 95.2 Å². The first kappa shape index (κ1) is 15.0. The van der Waals surface area contributed by atoms with E-state index in [-0.39, 0.29) is 5.84 Å². The lowest BCUT2D eigenvalue weighted by atomic mass is 9.85. The fourth-order valence-electron chi connectivity index (χ4n) is 4.46. The Balaban J connectivity index is 2.00. The van der Waals surface area contributed by atoms with Gasteiger partial charge in [-0.2, -0.15) is 10.5 Å². The Hall–Kier alpha value is -1.54. The van der Waals surface area contributed by atoms with Crippen molar-refractivity contribution in [2.24, 2.45) is 21.6 Å². The van der Waals surface area contributed by atoms with Crippen molar-refractivity contribution in [2.45, 2.75) is 17.4 Å². The number of benzene rings is 1. The van der Waals surface area contributed by atoms with Crippen LogP contribution in [0.15, 0.2) is 33.7 Å². The lowest BCUT2D eigenvalue weighted by Crippen LogP contribution is -2.38. The predicted molar refractivity (Wildman–Crippen MR) is 90.3 cm³/mol. The second-order valence-electron chi connectivity index (χ2n) is 6.13. The highest BCUT2D eigenvalue weighted by Crippen LogP contribution is 2.87. The Morgan fingerprint density at radius 1 is 1.30 bits per heavy atom. The fourth-order valence-corrected chi connectivity index (χ4v) is 6.12. The molecule has 2 heterocycles. The van der Waals surface area contributed by atoms with Gasteiger partial charge in [0, 0.05) is 15.6 Å². The Morgan fingerprint density at radius 2 is 2.00 bits per heavy atom. The van der Waals surface area contributed by atoms with Crippen LogP contribution in [0.3, 0.4) is 0 Å². The quantitative estimate of drug-likeness (QED) is 0.797. The van der Waals surface area contributed by atoms with Crippen LogP contribution in [0, 0.1) is 33.5 Å². The maximum atomic E-state index is 10.1. The van der Waals surface area contributed by atoms with Crippen molar-refractivity contribution < 1.29 is 4.74 Å². The van der Waals surface area contributed by atoms with Crippen molar-refractivity contribution in [1.82, 2.24) is 0 Å². The zero-order chi connectivity index (χ0) is 16.5. The summed E-state index contributed by atoms with van der Waals surface area (Å²) in [6, 6.07) is 12.4. The van der Waals surface area contributed by atoms with E-state index in [1.165, 1.54) is 11.8 Å². The van der Waals surface area contributed by atoms with Crippen molar-refractivity contribution in [3.8, 4) is 12.1 Å². The highest BCUT2D eigenvalue weighted by Gasteiger charge is 2.99. The summed E-state index contributed by atoms with van der Waals surface area (Å²) in [6.07, 6.45) is 0. The molecule has 1 aliphatic carbocycles. The summed E-state index contributed by atoms with van der Waals surface area (Å²) in [5, 5.41) is 19.0. The van der Waals surface area contributed by atoms with Gasteiger partial charge in [-0.3, -0.25) is 0 Å². The first-order valence-corrected chi connectivity index (χ1v) is 8.96. The van der Waals surface area contributed by atoms with Crippen LogP contribution in [0.5, 0.6) is 0 Å². The molecule has 0 unspecified atom stereocenters. The number of rotatable bonds is 1. The minimum Gasteiger partial charge on any atom is -0.386 e. The molecule has 4 atom stereocenters. The van der Waals surface area contributed by atoms with E-state index >= 15 is 0 Å². The first-order chi connectivity index (χ1) is 11.0. The zero-order valence-electron chi connectivity index (χ0n) is 12.3. The highest BCUT2D eigenvalue weighted by atomic mass is 79.9. The van der Waals surface area contributed by atoms with E-state index in [2.05, 4.69) is 33.1 Å². The molecule has 1 spiro atoms. The Morgan fingerprint density at radius 3 is 2.52 bits per heavy atom. The Bertz CT molecular complexity index is 820. The van der Waals surface area contributed by atoms with Gasteiger partial charge in [0.25, 0.3) is 0 Å². The third kappa shape index (κ3) is 1.26. The van der Waals surface area contributed by atoms with Gasteiger partial charge in [-0.15, -0.1) is 0 Å². The molecule has 0 bridgehead atoms. The second-order valence-corrected chi connectivity index (χ2v) is 8.30. The number of hydrogen-bond acceptors (Lipinski definition) is 6. The standard InChI is InChI=1S/C16H13BrN4OS/c1-13(10-2-4-11(17)5-3-10)14(8-18)12(20)21-16(15(13,14)9-19)22-6-7-23-16/h2-5H,6-7H2,1H3,(H2,20,21)/t13-,14+,15-,16-/m1/s1. The van der Waals surface area contributed by atoms with Crippen LogP contribution in [0.25, 0.3) is 0 Å². The van der Waals surface area contributed by atoms with Crippen LogP contribution < -0.4 is 5.73 Å². The van der Waals surface area contributed by atoms with Gasteiger partial charge >= 0.3 is 0 Å². The van der Waals surface area contributed by atoms with Crippen molar-refractivity contribution >= 4 is 33.5 Å². The van der Waals surface area contributed by atoms with Gasteiger partial charge in [-0.1, -0.05) is 46.7 Å². The molecule has 1 saturated heterocycles. The lowest BCUT2D eigenvalue weighted by molar-refractivity contribution is 0.0151. The van der Waals surface area contributed by atoms with Crippen LogP contribution in [0.2, 0.25) is 0 Å². The van der Waals surface area contributed by atoms with E-state index in [1.807, 2.05) is 31.2 Å². The number of nitrogens with two attached hydrogens (primary N) is 1. The molecule has 7 heteroatoms. The summed E-state index contributed by atoms with van der Waals surface area (Å²) < 4.78 is 6.84. The Labute approximate surface area is 146 Å². The van der Waals surface area contributed by atoms with Crippen molar-refractivity contribution in [3.63, 3.8) is 0 Å². The molecule has 1 aromatic rings. The van der Waals surface area contributed by atoms with Gasteiger partial charge in [0.15, 0.2) is 10.8 Å². The number of thioether (sulfide) groups is 1. The van der Waals surface area contributed by atoms with E-state index in [0.717, 1.165) is 15.8 Å². The van der Waals surface area contributed by atoms with Crippen molar-refractivity contribution in [2.75, 3.05) is 12.4 Å². The molecule has 0 aromatic heterocycles. The normalized spacial score (nSPS) is 43.6. The molecule has 23 heavy (non-hydrogen) atoms. The molecule has 4 rings (SSSR count). The van der Waals surface area contributed by atoms with Gasteiger partial charge in [0.05, 0.1) is 18.7 Å². The van der Waals surface area contributed by atoms with E-state index in [9.17, 15) is 10.5 Å². The van der Waals surface area contributed by atoms with Gasteiger partial charge in [-0.05, 0) is 17.7 Å². The maximum Gasteiger partial charge on any atom is 0.231 e. The highest BCUT2D eigenvalue weighted by molar-refractivity contribution is 9.10. The summed E-state index contributed by atoms with van der Waals surface area (Å²) in [5.74, 6) is 0.944. The molecule has 0 radical (unpaired) electrons. The summed E-state index contributed by atoms with van der Waals surface area (Å²) in [4.78, 5) is 4.46. The van der Waals surface area contributed by atoms with Gasteiger partial charge in [0.1, 0.15) is 5.84 Å².